The minimum atomic E-state index is -0.534. The molecule has 0 atom stereocenters. The molecule has 0 aromatic heterocycles. The van der Waals surface area contributed by atoms with E-state index in [2.05, 4.69) is 24.3 Å². The third-order valence-electron chi connectivity index (χ3n) is 3.23. The van der Waals surface area contributed by atoms with E-state index in [0.717, 1.165) is 6.16 Å². The lowest BCUT2D eigenvalue weighted by atomic mass is 10.4. The van der Waals surface area contributed by atoms with Crippen LogP contribution in [0.15, 0.2) is 60.7 Å². The predicted molar refractivity (Wildman–Crippen MR) is 91.4 cm³/mol. The fraction of sp³-hybridized carbons (Fsp3) is 0.278. The van der Waals surface area contributed by atoms with Crippen LogP contribution in [0.4, 0.5) is 0 Å². The van der Waals surface area contributed by atoms with Gasteiger partial charge < -0.3 is 9.47 Å². The summed E-state index contributed by atoms with van der Waals surface area (Å²) in [7, 11) is 1.06. The summed E-state index contributed by atoms with van der Waals surface area (Å²) in [5.41, 5.74) is 0. The summed E-state index contributed by atoms with van der Waals surface area (Å²) in [6.07, 6.45) is 1.23. The Morgan fingerprint density at radius 3 is 1.95 bits per heavy atom. The molecule has 0 saturated heterocycles. The lowest BCUT2D eigenvalue weighted by Gasteiger charge is -2.18. The van der Waals surface area contributed by atoms with Gasteiger partial charge in [0.1, 0.15) is 6.61 Å². The van der Waals surface area contributed by atoms with Gasteiger partial charge in [-0.2, -0.15) is 0 Å². The Hall–Kier alpha value is -1.70. The van der Waals surface area contributed by atoms with Crippen LogP contribution in [0, 0.1) is 0 Å². The van der Waals surface area contributed by atoms with Gasteiger partial charge in [0.05, 0.1) is 13.0 Å². The second kappa shape index (κ2) is 9.34. The molecule has 22 heavy (non-hydrogen) atoms. The van der Waals surface area contributed by atoms with Gasteiger partial charge in [-0.15, -0.1) is 0 Å². The Balaban J connectivity index is 2.02. The quantitative estimate of drug-likeness (QED) is 0.427. The number of esters is 1. The normalized spacial score (nSPS) is 10.6. The largest absolute Gasteiger partial charge is 0.463 e. The Labute approximate surface area is 133 Å². The molecule has 0 fully saturated rings. The monoisotopic (exact) mass is 316 g/mol. The minimum absolute atomic E-state index is 0.156. The van der Waals surface area contributed by atoms with Crippen molar-refractivity contribution in [1.29, 1.82) is 0 Å². The van der Waals surface area contributed by atoms with Crippen LogP contribution in [0.1, 0.15) is 6.42 Å². The molecule has 0 heterocycles. The molecule has 0 aliphatic heterocycles. The van der Waals surface area contributed by atoms with Gasteiger partial charge in [0, 0.05) is 7.11 Å². The van der Waals surface area contributed by atoms with E-state index < -0.39 is 7.92 Å². The van der Waals surface area contributed by atoms with Crippen LogP contribution >= 0.6 is 7.92 Å². The van der Waals surface area contributed by atoms with E-state index in [4.69, 9.17) is 9.47 Å². The van der Waals surface area contributed by atoms with Crippen molar-refractivity contribution in [3.05, 3.63) is 60.7 Å². The van der Waals surface area contributed by atoms with Crippen molar-refractivity contribution >= 4 is 24.5 Å². The van der Waals surface area contributed by atoms with Gasteiger partial charge in [-0.25, -0.2) is 0 Å². The highest BCUT2D eigenvalue weighted by molar-refractivity contribution is 7.73. The molecule has 0 aliphatic carbocycles. The highest BCUT2D eigenvalue weighted by Crippen LogP contribution is 2.34. The van der Waals surface area contributed by atoms with Crippen molar-refractivity contribution in [3.63, 3.8) is 0 Å². The smallest absolute Gasteiger partial charge is 0.306 e. The lowest BCUT2D eigenvalue weighted by Crippen LogP contribution is -2.17. The van der Waals surface area contributed by atoms with E-state index in [1.165, 1.54) is 10.6 Å². The first-order valence-electron chi connectivity index (χ1n) is 7.33. The van der Waals surface area contributed by atoms with Crippen molar-refractivity contribution in [1.82, 2.24) is 0 Å². The van der Waals surface area contributed by atoms with Crippen LogP contribution in [0.5, 0.6) is 0 Å². The zero-order valence-corrected chi connectivity index (χ0v) is 13.7. The second-order valence-electron chi connectivity index (χ2n) is 4.79. The SMILES string of the molecule is COCCOC(=O)CCP(c1ccccc1)c1ccccc1. The van der Waals surface area contributed by atoms with Crippen molar-refractivity contribution in [2.75, 3.05) is 26.5 Å². The summed E-state index contributed by atoms with van der Waals surface area (Å²) in [5.74, 6) is -0.156. The first kappa shape index (κ1) is 16.7. The first-order chi connectivity index (χ1) is 10.8. The van der Waals surface area contributed by atoms with Gasteiger partial charge >= 0.3 is 5.97 Å². The molecule has 0 radical (unpaired) electrons. The highest BCUT2D eigenvalue weighted by Gasteiger charge is 2.15. The summed E-state index contributed by atoms with van der Waals surface area (Å²) in [6.45, 7) is 0.766. The molecule has 0 saturated carbocycles. The molecular weight excluding hydrogens is 295 g/mol. The van der Waals surface area contributed by atoms with Crippen molar-refractivity contribution < 1.29 is 14.3 Å². The van der Waals surface area contributed by atoms with Crippen LogP contribution in [0.3, 0.4) is 0 Å². The fourth-order valence-corrected chi connectivity index (χ4v) is 4.42. The van der Waals surface area contributed by atoms with Crippen molar-refractivity contribution in [2.45, 2.75) is 6.42 Å². The molecule has 0 unspecified atom stereocenters. The van der Waals surface area contributed by atoms with Crippen LogP contribution in [-0.4, -0.2) is 32.5 Å². The molecule has 0 amide bonds. The predicted octanol–water partition coefficient (Wildman–Crippen LogP) is 2.70. The Kier molecular flexibility index (Phi) is 7.08. The average Bonchev–Trinajstić information content (AvgIpc) is 2.57. The molecule has 0 N–H and O–H groups in total. The number of benzene rings is 2. The lowest BCUT2D eigenvalue weighted by molar-refractivity contribution is -0.144. The maximum atomic E-state index is 11.8. The van der Waals surface area contributed by atoms with E-state index in [0.29, 0.717) is 19.6 Å². The van der Waals surface area contributed by atoms with E-state index >= 15 is 0 Å². The number of hydrogen-bond donors (Lipinski definition) is 0. The number of rotatable bonds is 8. The second-order valence-corrected chi connectivity index (χ2v) is 7.12. The van der Waals surface area contributed by atoms with Gasteiger partial charge in [-0.3, -0.25) is 4.79 Å². The van der Waals surface area contributed by atoms with Crippen LogP contribution < -0.4 is 10.6 Å². The van der Waals surface area contributed by atoms with Crippen molar-refractivity contribution in [2.24, 2.45) is 0 Å². The van der Waals surface area contributed by atoms with E-state index in [1.807, 2.05) is 36.4 Å². The van der Waals surface area contributed by atoms with E-state index in [-0.39, 0.29) is 5.97 Å². The third kappa shape index (κ3) is 5.25. The fourth-order valence-electron chi connectivity index (χ4n) is 2.14. The van der Waals surface area contributed by atoms with Gasteiger partial charge in [0.15, 0.2) is 0 Å². The topological polar surface area (TPSA) is 35.5 Å². The van der Waals surface area contributed by atoms with Crippen LogP contribution in [0.2, 0.25) is 0 Å². The van der Waals surface area contributed by atoms with Gasteiger partial charge in [0.25, 0.3) is 0 Å². The summed E-state index contributed by atoms with van der Waals surface area (Å²) in [5, 5.41) is 2.57. The molecule has 116 valence electrons. The molecule has 0 aliphatic rings. The summed E-state index contributed by atoms with van der Waals surface area (Å²) >= 11 is 0. The Morgan fingerprint density at radius 1 is 0.909 bits per heavy atom. The molecule has 0 bridgehead atoms. The third-order valence-corrected chi connectivity index (χ3v) is 5.74. The highest BCUT2D eigenvalue weighted by atomic mass is 31.1. The van der Waals surface area contributed by atoms with Crippen LogP contribution in [-0.2, 0) is 14.3 Å². The molecule has 2 rings (SSSR count). The minimum Gasteiger partial charge on any atom is -0.463 e. The molecule has 2 aromatic carbocycles. The maximum absolute atomic E-state index is 11.8. The number of carbonyl (C=O) groups is 1. The summed E-state index contributed by atoms with van der Waals surface area (Å²) in [6, 6.07) is 20.7. The van der Waals surface area contributed by atoms with Crippen molar-refractivity contribution in [3.8, 4) is 0 Å². The zero-order chi connectivity index (χ0) is 15.6. The zero-order valence-electron chi connectivity index (χ0n) is 12.8. The Bertz CT molecular complexity index is 518. The standard InChI is InChI=1S/C18H21O3P/c1-20-13-14-21-18(19)12-15-22(16-8-4-2-5-9-16)17-10-6-3-7-11-17/h2-11H,12-15H2,1H3. The van der Waals surface area contributed by atoms with E-state index in [9.17, 15) is 4.79 Å². The van der Waals surface area contributed by atoms with Gasteiger partial charge in [0.2, 0.25) is 0 Å². The van der Waals surface area contributed by atoms with Crippen LogP contribution in [0.25, 0.3) is 0 Å². The summed E-state index contributed by atoms with van der Waals surface area (Å²) in [4.78, 5) is 11.8. The van der Waals surface area contributed by atoms with E-state index in [1.54, 1.807) is 7.11 Å². The number of carbonyl (C=O) groups excluding carboxylic acids is 1. The van der Waals surface area contributed by atoms with Gasteiger partial charge in [-0.1, -0.05) is 60.7 Å². The number of methoxy groups -OCH3 is 1. The average molecular weight is 316 g/mol. The molecular formula is C18H21O3P. The van der Waals surface area contributed by atoms with Gasteiger partial charge in [-0.05, 0) is 24.7 Å². The molecule has 2 aromatic rings. The first-order valence-corrected chi connectivity index (χ1v) is 8.86. The molecule has 4 heteroatoms. The summed E-state index contributed by atoms with van der Waals surface area (Å²) < 4.78 is 10.0. The molecule has 3 nitrogen and oxygen atoms in total. The number of ether oxygens (including phenoxy) is 2. The Morgan fingerprint density at radius 2 is 1.45 bits per heavy atom. The number of hydrogen-bond acceptors (Lipinski definition) is 3. The molecule has 0 spiro atoms. The maximum Gasteiger partial charge on any atom is 0.306 e.